The van der Waals surface area contributed by atoms with Crippen LogP contribution in [0.5, 0.6) is 0 Å². The number of carbonyl (C=O) groups is 3. The third kappa shape index (κ3) is 1.76. The summed E-state index contributed by atoms with van der Waals surface area (Å²) in [5.41, 5.74) is 0. The van der Waals surface area contributed by atoms with Crippen LogP contribution in [-0.4, -0.2) is 24.4 Å². The maximum absolute atomic E-state index is 10.7. The van der Waals surface area contributed by atoms with Crippen LogP contribution in [0.25, 0.3) is 0 Å². The van der Waals surface area contributed by atoms with Crippen LogP contribution in [0.1, 0.15) is 12.8 Å². The zero-order valence-electron chi connectivity index (χ0n) is 5.70. The number of hydrogen-bond acceptors (Lipinski definition) is 4. The summed E-state index contributed by atoms with van der Waals surface area (Å²) < 4.78 is 4.17. The largest absolute Gasteiger partial charge is 0.415 e. The van der Waals surface area contributed by atoms with Crippen LogP contribution in [-0.2, 0) is 14.3 Å². The SMILES string of the molecule is O=CCC[C@@H]1NC(=O)OC1=O. The lowest BCUT2D eigenvalue weighted by Gasteiger charge is -1.99. The van der Waals surface area contributed by atoms with Crippen molar-refractivity contribution in [1.29, 1.82) is 0 Å². The molecule has 0 aromatic heterocycles. The molecular weight excluding hydrogens is 150 g/mol. The molecule has 0 radical (unpaired) electrons. The quantitative estimate of drug-likeness (QED) is 0.343. The van der Waals surface area contributed by atoms with E-state index in [4.69, 9.17) is 0 Å². The molecule has 1 amide bonds. The van der Waals surface area contributed by atoms with Crippen LogP contribution in [0, 0.1) is 0 Å². The molecule has 0 aromatic carbocycles. The van der Waals surface area contributed by atoms with Gasteiger partial charge in [0.05, 0.1) is 0 Å². The van der Waals surface area contributed by atoms with E-state index in [9.17, 15) is 14.4 Å². The first-order chi connectivity index (χ1) is 5.24. The normalized spacial score (nSPS) is 22.7. The van der Waals surface area contributed by atoms with Crippen LogP contribution in [0.4, 0.5) is 4.79 Å². The van der Waals surface area contributed by atoms with E-state index in [1.807, 2.05) is 0 Å². The fourth-order valence-corrected chi connectivity index (χ4v) is 0.818. The molecular formula is C6H7NO4. The Morgan fingerprint density at radius 3 is 2.73 bits per heavy atom. The predicted octanol–water partition coefficient (Wildman–Crippen LogP) is -0.399. The molecule has 1 saturated heterocycles. The predicted molar refractivity (Wildman–Crippen MR) is 33.7 cm³/mol. The van der Waals surface area contributed by atoms with Gasteiger partial charge in [-0.2, -0.15) is 0 Å². The Morgan fingerprint density at radius 1 is 1.55 bits per heavy atom. The molecule has 1 aliphatic heterocycles. The van der Waals surface area contributed by atoms with Crippen molar-refractivity contribution in [3.63, 3.8) is 0 Å². The minimum absolute atomic E-state index is 0.250. The van der Waals surface area contributed by atoms with E-state index in [0.717, 1.165) is 0 Å². The molecule has 1 aliphatic rings. The lowest BCUT2D eigenvalue weighted by atomic mass is 10.2. The molecule has 60 valence electrons. The Labute approximate surface area is 62.7 Å². The lowest BCUT2D eigenvalue weighted by Crippen LogP contribution is -2.28. The highest BCUT2D eigenvalue weighted by Gasteiger charge is 2.31. The second kappa shape index (κ2) is 3.14. The summed E-state index contributed by atoms with van der Waals surface area (Å²) in [4.78, 5) is 30.9. The Balaban J connectivity index is 2.40. The molecule has 1 heterocycles. The maximum Gasteiger partial charge on any atom is 0.415 e. The van der Waals surface area contributed by atoms with Crippen molar-refractivity contribution >= 4 is 18.3 Å². The second-order valence-electron chi connectivity index (χ2n) is 2.15. The van der Waals surface area contributed by atoms with Crippen molar-refractivity contribution in [3.8, 4) is 0 Å². The van der Waals surface area contributed by atoms with Crippen LogP contribution < -0.4 is 5.32 Å². The van der Waals surface area contributed by atoms with Gasteiger partial charge in [-0.1, -0.05) is 0 Å². The molecule has 1 rings (SSSR count). The average Bonchev–Trinajstić information content (AvgIpc) is 2.26. The van der Waals surface area contributed by atoms with Gasteiger partial charge in [0.2, 0.25) is 0 Å². The first-order valence-electron chi connectivity index (χ1n) is 3.20. The van der Waals surface area contributed by atoms with Crippen LogP contribution in [0.15, 0.2) is 0 Å². The highest BCUT2D eigenvalue weighted by Crippen LogP contribution is 2.05. The van der Waals surface area contributed by atoms with Gasteiger partial charge in [-0.25, -0.2) is 9.59 Å². The summed E-state index contributed by atoms with van der Waals surface area (Å²) in [7, 11) is 0. The smallest absolute Gasteiger partial charge is 0.375 e. The Bertz CT molecular complexity index is 201. The number of cyclic esters (lactones) is 2. The van der Waals surface area contributed by atoms with Crippen LogP contribution in [0.2, 0.25) is 0 Å². The monoisotopic (exact) mass is 157 g/mol. The van der Waals surface area contributed by atoms with Gasteiger partial charge in [0.15, 0.2) is 0 Å². The fourth-order valence-electron chi connectivity index (χ4n) is 0.818. The molecule has 0 saturated carbocycles. The maximum atomic E-state index is 10.7. The molecule has 1 atom stereocenters. The van der Waals surface area contributed by atoms with Crippen LogP contribution >= 0.6 is 0 Å². The van der Waals surface area contributed by atoms with Gasteiger partial charge in [-0.3, -0.25) is 0 Å². The van der Waals surface area contributed by atoms with E-state index in [2.05, 4.69) is 10.1 Å². The standard InChI is InChI=1S/C6H7NO4/c8-3-1-2-4-5(9)11-6(10)7-4/h3-4H,1-2H2,(H,7,10)/t4-/m0/s1. The fraction of sp³-hybridized carbons (Fsp3) is 0.500. The summed E-state index contributed by atoms with van der Waals surface area (Å²) >= 11 is 0. The van der Waals surface area contributed by atoms with Crippen molar-refractivity contribution in [2.75, 3.05) is 0 Å². The van der Waals surface area contributed by atoms with Crippen molar-refractivity contribution in [1.82, 2.24) is 5.32 Å². The van der Waals surface area contributed by atoms with Gasteiger partial charge in [0.1, 0.15) is 12.3 Å². The summed E-state index contributed by atoms with van der Waals surface area (Å²) in [5.74, 6) is -0.600. The molecule has 5 nitrogen and oxygen atoms in total. The zero-order valence-corrected chi connectivity index (χ0v) is 5.70. The Morgan fingerprint density at radius 2 is 2.27 bits per heavy atom. The summed E-state index contributed by atoms with van der Waals surface area (Å²) in [6.45, 7) is 0. The average molecular weight is 157 g/mol. The van der Waals surface area contributed by atoms with Gasteiger partial charge >= 0.3 is 12.1 Å². The molecule has 0 unspecified atom stereocenters. The number of ether oxygens (including phenoxy) is 1. The summed E-state index contributed by atoms with van der Waals surface area (Å²) in [6.07, 6.45) is 0.525. The minimum atomic E-state index is -0.731. The number of esters is 1. The highest BCUT2D eigenvalue weighted by atomic mass is 16.6. The third-order valence-electron chi connectivity index (χ3n) is 1.34. The summed E-state index contributed by atoms with van der Waals surface area (Å²) in [5, 5.41) is 2.27. The molecule has 5 heteroatoms. The Hall–Kier alpha value is -1.39. The van der Waals surface area contributed by atoms with E-state index < -0.39 is 18.1 Å². The van der Waals surface area contributed by atoms with Gasteiger partial charge in [0.25, 0.3) is 0 Å². The van der Waals surface area contributed by atoms with Gasteiger partial charge in [0, 0.05) is 6.42 Å². The summed E-state index contributed by atoms with van der Waals surface area (Å²) in [6, 6.07) is -0.632. The van der Waals surface area contributed by atoms with E-state index in [1.165, 1.54) is 0 Å². The molecule has 11 heavy (non-hydrogen) atoms. The number of rotatable bonds is 3. The number of amides is 1. The van der Waals surface area contributed by atoms with Crippen molar-refractivity contribution in [2.24, 2.45) is 0 Å². The molecule has 1 fully saturated rings. The lowest BCUT2D eigenvalue weighted by molar-refractivity contribution is -0.135. The number of alkyl carbamates (subject to hydrolysis) is 1. The van der Waals surface area contributed by atoms with Crippen molar-refractivity contribution < 1.29 is 19.1 Å². The number of nitrogens with one attached hydrogen (secondary N) is 1. The van der Waals surface area contributed by atoms with Gasteiger partial charge in [-0.05, 0) is 6.42 Å². The third-order valence-corrected chi connectivity index (χ3v) is 1.34. The number of carbonyl (C=O) groups excluding carboxylic acids is 3. The van der Waals surface area contributed by atoms with Crippen LogP contribution in [0.3, 0.4) is 0 Å². The number of aldehydes is 1. The number of hydrogen-bond donors (Lipinski definition) is 1. The molecule has 0 aromatic rings. The highest BCUT2D eigenvalue weighted by molar-refractivity contribution is 5.95. The molecule has 0 bridgehead atoms. The van der Waals surface area contributed by atoms with E-state index in [-0.39, 0.29) is 6.42 Å². The molecule has 1 N–H and O–H groups in total. The van der Waals surface area contributed by atoms with Gasteiger partial charge in [-0.15, -0.1) is 0 Å². The van der Waals surface area contributed by atoms with Crippen molar-refractivity contribution in [2.45, 2.75) is 18.9 Å². The molecule has 0 spiro atoms. The first-order valence-corrected chi connectivity index (χ1v) is 3.20. The Kier molecular flexibility index (Phi) is 2.20. The van der Waals surface area contributed by atoms with E-state index >= 15 is 0 Å². The van der Waals surface area contributed by atoms with Crippen molar-refractivity contribution in [3.05, 3.63) is 0 Å². The second-order valence-corrected chi connectivity index (χ2v) is 2.15. The van der Waals surface area contributed by atoms with E-state index in [1.54, 1.807) is 0 Å². The van der Waals surface area contributed by atoms with Gasteiger partial charge < -0.3 is 14.8 Å². The zero-order chi connectivity index (χ0) is 8.27. The topological polar surface area (TPSA) is 72.5 Å². The first kappa shape index (κ1) is 7.71. The van der Waals surface area contributed by atoms with E-state index in [0.29, 0.717) is 12.7 Å². The minimum Gasteiger partial charge on any atom is -0.375 e. The molecule has 0 aliphatic carbocycles.